The van der Waals surface area contributed by atoms with E-state index in [4.69, 9.17) is 0 Å². The number of aryl methyl sites for hydroxylation is 1. The molecule has 0 bridgehead atoms. The molecule has 0 aromatic carbocycles. The molecule has 0 radical (unpaired) electrons. The fourth-order valence-electron chi connectivity index (χ4n) is 2.43. The third-order valence-corrected chi connectivity index (χ3v) is 3.96. The Hall–Kier alpha value is -1.58. The maximum atomic E-state index is 4.66. The molecule has 4 nitrogen and oxygen atoms in total. The van der Waals surface area contributed by atoms with Crippen molar-refractivity contribution in [1.82, 2.24) is 19.3 Å². The van der Waals surface area contributed by atoms with Crippen LogP contribution in [-0.2, 0) is 6.54 Å². The summed E-state index contributed by atoms with van der Waals surface area (Å²) in [6.07, 6.45) is 8.52. The first-order valence-electron chi connectivity index (χ1n) is 8.04. The number of hydrogen-bond acceptors (Lipinski definition) is 2. The van der Waals surface area contributed by atoms with Crippen LogP contribution in [0.3, 0.4) is 0 Å². The van der Waals surface area contributed by atoms with Crippen molar-refractivity contribution < 1.29 is 0 Å². The van der Waals surface area contributed by atoms with Gasteiger partial charge in [0.1, 0.15) is 0 Å². The second-order valence-corrected chi connectivity index (χ2v) is 6.55. The zero-order valence-electron chi connectivity index (χ0n) is 14.0. The van der Waals surface area contributed by atoms with Gasteiger partial charge < -0.3 is 4.57 Å². The van der Waals surface area contributed by atoms with E-state index in [0.717, 1.165) is 19.4 Å². The van der Waals surface area contributed by atoms with Gasteiger partial charge in [0.05, 0.1) is 17.7 Å². The topological polar surface area (TPSA) is 35.6 Å². The molecule has 116 valence electrons. The predicted molar refractivity (Wildman–Crippen MR) is 86.6 cm³/mol. The van der Waals surface area contributed by atoms with Crippen molar-refractivity contribution in [2.45, 2.75) is 71.9 Å². The first-order chi connectivity index (χ1) is 9.97. The summed E-state index contributed by atoms with van der Waals surface area (Å²) in [5.41, 5.74) is 2.39. The summed E-state index contributed by atoms with van der Waals surface area (Å²) in [6, 6.07) is 2.59. The van der Waals surface area contributed by atoms with E-state index in [2.05, 4.69) is 67.7 Å². The summed E-state index contributed by atoms with van der Waals surface area (Å²) in [4.78, 5) is 4.44. The molecule has 0 aliphatic carbocycles. The lowest BCUT2D eigenvalue weighted by molar-refractivity contribution is 0.506. The van der Waals surface area contributed by atoms with E-state index in [1.54, 1.807) is 0 Å². The Balaban J connectivity index is 1.81. The molecule has 1 atom stereocenters. The summed E-state index contributed by atoms with van der Waals surface area (Å²) in [7, 11) is 0. The van der Waals surface area contributed by atoms with Gasteiger partial charge in [-0.3, -0.25) is 4.68 Å². The molecular formula is C17H28N4. The average Bonchev–Trinajstić information content (AvgIpc) is 3.07. The van der Waals surface area contributed by atoms with Crippen LogP contribution in [0, 0.1) is 0 Å². The van der Waals surface area contributed by atoms with E-state index in [1.807, 2.05) is 11.0 Å². The Bertz CT molecular complexity index is 551. The van der Waals surface area contributed by atoms with Crippen molar-refractivity contribution >= 4 is 0 Å². The van der Waals surface area contributed by atoms with E-state index in [-0.39, 0.29) is 0 Å². The van der Waals surface area contributed by atoms with Gasteiger partial charge in [-0.05, 0) is 38.7 Å². The van der Waals surface area contributed by atoms with Crippen LogP contribution in [0.25, 0.3) is 0 Å². The van der Waals surface area contributed by atoms with Crippen LogP contribution in [0.2, 0.25) is 0 Å². The van der Waals surface area contributed by atoms with Crippen molar-refractivity contribution in [1.29, 1.82) is 0 Å². The summed E-state index contributed by atoms with van der Waals surface area (Å²) in [5, 5.41) is 4.66. The average molecular weight is 288 g/mol. The lowest BCUT2D eigenvalue weighted by Gasteiger charge is -2.10. The summed E-state index contributed by atoms with van der Waals surface area (Å²) < 4.78 is 4.24. The van der Waals surface area contributed by atoms with Gasteiger partial charge >= 0.3 is 0 Å². The fourth-order valence-corrected chi connectivity index (χ4v) is 2.43. The van der Waals surface area contributed by atoms with Gasteiger partial charge in [-0.1, -0.05) is 20.8 Å². The zero-order chi connectivity index (χ0) is 15.4. The molecule has 0 amide bonds. The van der Waals surface area contributed by atoms with Crippen molar-refractivity contribution in [2.75, 3.05) is 0 Å². The van der Waals surface area contributed by atoms with E-state index >= 15 is 0 Å². The lowest BCUT2D eigenvalue weighted by atomic mass is 10.0. The molecule has 1 unspecified atom stereocenters. The molecule has 4 heteroatoms. The van der Waals surface area contributed by atoms with Gasteiger partial charge in [0.25, 0.3) is 0 Å². The molecule has 0 saturated carbocycles. The normalized spacial score (nSPS) is 13.3. The highest BCUT2D eigenvalue weighted by molar-refractivity contribution is 5.05. The summed E-state index contributed by atoms with van der Waals surface area (Å²) in [6.45, 7) is 12.0. The maximum Gasteiger partial charge on any atom is 0.0949 e. The van der Waals surface area contributed by atoms with E-state index in [9.17, 15) is 0 Å². The Morgan fingerprint density at radius 2 is 1.86 bits per heavy atom. The molecule has 2 aromatic rings. The highest BCUT2D eigenvalue weighted by Gasteiger charge is 2.10. The van der Waals surface area contributed by atoms with Gasteiger partial charge in [-0.2, -0.15) is 5.10 Å². The number of rotatable bonds is 7. The first kappa shape index (κ1) is 15.8. The summed E-state index contributed by atoms with van der Waals surface area (Å²) >= 11 is 0. The number of aromatic nitrogens is 4. The second kappa shape index (κ2) is 6.92. The molecular weight excluding hydrogens is 260 g/mol. The van der Waals surface area contributed by atoms with Crippen LogP contribution < -0.4 is 0 Å². The van der Waals surface area contributed by atoms with Crippen LogP contribution in [0.5, 0.6) is 0 Å². The van der Waals surface area contributed by atoms with E-state index in [0.29, 0.717) is 17.9 Å². The van der Waals surface area contributed by atoms with Crippen molar-refractivity contribution in [3.05, 3.63) is 36.2 Å². The molecule has 0 spiro atoms. The Labute approximate surface area is 128 Å². The van der Waals surface area contributed by atoms with Gasteiger partial charge in [0, 0.05) is 30.9 Å². The molecule has 0 saturated heterocycles. The number of nitrogens with zero attached hydrogens (tertiary/aromatic N) is 4. The van der Waals surface area contributed by atoms with Crippen molar-refractivity contribution in [3.8, 4) is 0 Å². The van der Waals surface area contributed by atoms with Crippen LogP contribution >= 0.6 is 0 Å². The van der Waals surface area contributed by atoms with Crippen LogP contribution in [0.15, 0.2) is 24.8 Å². The minimum absolute atomic E-state index is 0.436. The van der Waals surface area contributed by atoms with Gasteiger partial charge in [0.15, 0.2) is 0 Å². The molecule has 0 fully saturated rings. The van der Waals surface area contributed by atoms with Crippen LogP contribution in [0.4, 0.5) is 0 Å². The quantitative estimate of drug-likeness (QED) is 0.758. The maximum absolute atomic E-state index is 4.66. The third-order valence-electron chi connectivity index (χ3n) is 3.96. The third kappa shape index (κ3) is 4.19. The van der Waals surface area contributed by atoms with E-state index in [1.165, 1.54) is 11.4 Å². The Morgan fingerprint density at radius 3 is 2.43 bits per heavy atom. The second-order valence-electron chi connectivity index (χ2n) is 6.55. The highest BCUT2D eigenvalue weighted by atomic mass is 15.3. The first-order valence-corrected chi connectivity index (χ1v) is 8.04. The lowest BCUT2D eigenvalue weighted by Crippen LogP contribution is -2.04. The van der Waals surface area contributed by atoms with Gasteiger partial charge in [0.2, 0.25) is 0 Å². The smallest absolute Gasteiger partial charge is 0.0949 e. The van der Waals surface area contributed by atoms with Crippen molar-refractivity contribution in [2.24, 2.45) is 0 Å². The zero-order valence-corrected chi connectivity index (χ0v) is 14.0. The minimum Gasteiger partial charge on any atom is -0.337 e. The van der Waals surface area contributed by atoms with Gasteiger partial charge in [-0.25, -0.2) is 4.98 Å². The number of imidazole rings is 1. The Morgan fingerprint density at radius 1 is 1.10 bits per heavy atom. The SMILES string of the molecule is CC(C)c1cn(CCCC(C)c2ccn(C(C)C)n2)cn1. The van der Waals surface area contributed by atoms with Crippen LogP contribution in [0.1, 0.15) is 76.7 Å². The van der Waals surface area contributed by atoms with Crippen molar-refractivity contribution in [3.63, 3.8) is 0 Å². The molecule has 0 aliphatic heterocycles. The standard InChI is InChI=1S/C17H28N4/c1-13(2)17-11-20(12-18-17)9-6-7-15(5)16-8-10-21(19-16)14(3)4/h8,10-15H,6-7,9H2,1-5H3. The molecule has 2 aromatic heterocycles. The van der Waals surface area contributed by atoms with E-state index < -0.39 is 0 Å². The highest BCUT2D eigenvalue weighted by Crippen LogP contribution is 2.20. The minimum atomic E-state index is 0.436. The molecule has 0 aliphatic rings. The largest absolute Gasteiger partial charge is 0.337 e. The number of hydrogen-bond donors (Lipinski definition) is 0. The molecule has 2 rings (SSSR count). The Kier molecular flexibility index (Phi) is 5.21. The monoisotopic (exact) mass is 288 g/mol. The fraction of sp³-hybridized carbons (Fsp3) is 0.647. The molecule has 2 heterocycles. The molecule has 0 N–H and O–H groups in total. The molecule has 21 heavy (non-hydrogen) atoms. The van der Waals surface area contributed by atoms with Crippen LogP contribution in [-0.4, -0.2) is 19.3 Å². The van der Waals surface area contributed by atoms with Gasteiger partial charge in [-0.15, -0.1) is 0 Å². The summed E-state index contributed by atoms with van der Waals surface area (Å²) in [5.74, 6) is 1.02. The predicted octanol–water partition coefficient (Wildman–Crippen LogP) is 4.37.